The topological polar surface area (TPSA) is 46.2 Å². The lowest BCUT2D eigenvalue weighted by Gasteiger charge is -2.27. The second-order valence-electron chi connectivity index (χ2n) is 2.70. The molecule has 3 N–H and O–H groups in total. The average molecular weight is 147 g/mol. The molecule has 0 amide bonds. The summed E-state index contributed by atoms with van der Waals surface area (Å²) in [7, 11) is 0. The minimum absolute atomic E-state index is 0.00611. The molecule has 0 aromatic rings. The van der Waals surface area contributed by atoms with E-state index < -0.39 is 0 Å². The first-order chi connectivity index (χ1) is 4.20. The first-order valence-electron chi connectivity index (χ1n) is 3.32. The predicted molar refractivity (Wildman–Crippen MR) is 40.6 cm³/mol. The van der Waals surface area contributed by atoms with Crippen LogP contribution in [0.3, 0.4) is 0 Å². The summed E-state index contributed by atoms with van der Waals surface area (Å²) in [6, 6.07) is -0.00611. The van der Waals surface area contributed by atoms with E-state index in [0.29, 0.717) is 5.25 Å². The molecule has 0 bridgehead atoms. The Morgan fingerprint density at radius 3 is 2.56 bits per heavy atom. The number of hydrogen-bond donors (Lipinski definition) is 3. The highest BCUT2D eigenvalue weighted by Gasteiger charge is 2.23. The van der Waals surface area contributed by atoms with E-state index in [0.717, 1.165) is 19.3 Å². The number of rotatable bonds is 0. The number of aliphatic hydroxyl groups excluding tert-OH is 1. The Labute approximate surface area is 60.8 Å². The van der Waals surface area contributed by atoms with Crippen LogP contribution in [0.4, 0.5) is 0 Å². The van der Waals surface area contributed by atoms with Crippen LogP contribution < -0.4 is 5.73 Å². The molecule has 1 aliphatic rings. The van der Waals surface area contributed by atoms with Crippen LogP contribution in [0, 0.1) is 0 Å². The summed E-state index contributed by atoms with van der Waals surface area (Å²) in [5.41, 5.74) is 5.56. The Morgan fingerprint density at radius 2 is 2.11 bits per heavy atom. The van der Waals surface area contributed by atoms with Gasteiger partial charge in [0, 0.05) is 11.3 Å². The third-order valence-corrected chi connectivity index (χ3v) is 2.31. The van der Waals surface area contributed by atoms with Crippen molar-refractivity contribution in [3.63, 3.8) is 0 Å². The molecule has 1 aliphatic carbocycles. The SMILES string of the molecule is N[C@@H]1CCC(S)CC1O. The van der Waals surface area contributed by atoms with E-state index in [1.54, 1.807) is 0 Å². The molecule has 0 spiro atoms. The zero-order chi connectivity index (χ0) is 6.85. The molecule has 0 saturated heterocycles. The van der Waals surface area contributed by atoms with Crippen LogP contribution in [0.1, 0.15) is 19.3 Å². The normalized spacial score (nSPS) is 45.0. The highest BCUT2D eigenvalue weighted by atomic mass is 32.1. The molecule has 2 nitrogen and oxygen atoms in total. The fourth-order valence-electron chi connectivity index (χ4n) is 1.15. The molecule has 0 aromatic carbocycles. The van der Waals surface area contributed by atoms with Crippen LogP contribution in [0.15, 0.2) is 0 Å². The van der Waals surface area contributed by atoms with Gasteiger partial charge in [0.2, 0.25) is 0 Å². The smallest absolute Gasteiger partial charge is 0.0701 e. The van der Waals surface area contributed by atoms with Crippen LogP contribution in [-0.2, 0) is 0 Å². The van der Waals surface area contributed by atoms with E-state index in [1.165, 1.54) is 0 Å². The maximum absolute atomic E-state index is 9.17. The Hall–Kier alpha value is 0.270. The molecule has 3 heteroatoms. The summed E-state index contributed by atoms with van der Waals surface area (Å²) in [6.07, 6.45) is 2.39. The van der Waals surface area contributed by atoms with Crippen molar-refractivity contribution < 1.29 is 5.11 Å². The van der Waals surface area contributed by atoms with E-state index >= 15 is 0 Å². The Bertz CT molecular complexity index is 99.1. The van der Waals surface area contributed by atoms with Gasteiger partial charge >= 0.3 is 0 Å². The van der Waals surface area contributed by atoms with Gasteiger partial charge in [-0.25, -0.2) is 0 Å². The van der Waals surface area contributed by atoms with Gasteiger partial charge in [0.25, 0.3) is 0 Å². The maximum Gasteiger partial charge on any atom is 0.0701 e. The lowest BCUT2D eigenvalue weighted by molar-refractivity contribution is 0.111. The minimum Gasteiger partial charge on any atom is -0.391 e. The summed E-state index contributed by atoms with van der Waals surface area (Å²) in [6.45, 7) is 0. The standard InChI is InChI=1S/C6H13NOS/c7-5-2-1-4(9)3-6(5)8/h4-6,8-9H,1-3,7H2/t4?,5-,6?/m1/s1. The van der Waals surface area contributed by atoms with E-state index in [2.05, 4.69) is 12.6 Å². The van der Waals surface area contributed by atoms with Gasteiger partial charge in [-0.3, -0.25) is 0 Å². The van der Waals surface area contributed by atoms with E-state index in [-0.39, 0.29) is 12.1 Å². The molecule has 3 atom stereocenters. The molecule has 1 saturated carbocycles. The van der Waals surface area contributed by atoms with Crippen molar-refractivity contribution in [2.75, 3.05) is 0 Å². The lowest BCUT2D eigenvalue weighted by atomic mass is 9.93. The fourth-order valence-corrected chi connectivity index (χ4v) is 1.51. The average Bonchev–Trinajstić information content (AvgIpc) is 1.80. The van der Waals surface area contributed by atoms with Crippen LogP contribution in [0.5, 0.6) is 0 Å². The molecule has 0 aromatic heterocycles. The molecule has 0 radical (unpaired) electrons. The van der Waals surface area contributed by atoms with Crippen molar-refractivity contribution in [1.29, 1.82) is 0 Å². The van der Waals surface area contributed by atoms with Gasteiger partial charge in [0.15, 0.2) is 0 Å². The first kappa shape index (κ1) is 7.38. The molecule has 2 unspecified atom stereocenters. The summed E-state index contributed by atoms with van der Waals surface area (Å²) >= 11 is 4.25. The zero-order valence-corrected chi connectivity index (χ0v) is 6.22. The number of hydrogen-bond acceptors (Lipinski definition) is 3. The van der Waals surface area contributed by atoms with Gasteiger partial charge in [-0.2, -0.15) is 12.6 Å². The zero-order valence-electron chi connectivity index (χ0n) is 5.33. The molecule has 1 rings (SSSR count). The van der Waals surface area contributed by atoms with E-state index in [1.807, 2.05) is 0 Å². The Balaban J connectivity index is 2.35. The van der Waals surface area contributed by atoms with Crippen LogP contribution in [0.25, 0.3) is 0 Å². The van der Waals surface area contributed by atoms with Gasteiger partial charge in [-0.1, -0.05) is 0 Å². The molecular weight excluding hydrogens is 134 g/mol. The van der Waals surface area contributed by atoms with Crippen LogP contribution >= 0.6 is 12.6 Å². The summed E-state index contributed by atoms with van der Waals surface area (Å²) in [5, 5.41) is 9.54. The number of thiol groups is 1. The van der Waals surface area contributed by atoms with Gasteiger partial charge in [0.05, 0.1) is 6.10 Å². The molecule has 0 aliphatic heterocycles. The summed E-state index contributed by atoms with van der Waals surface area (Å²) in [5.74, 6) is 0. The monoisotopic (exact) mass is 147 g/mol. The highest BCUT2D eigenvalue weighted by molar-refractivity contribution is 7.80. The highest BCUT2D eigenvalue weighted by Crippen LogP contribution is 2.21. The van der Waals surface area contributed by atoms with E-state index in [9.17, 15) is 5.11 Å². The third kappa shape index (κ3) is 1.85. The predicted octanol–water partition coefficient (Wildman–Crippen LogP) is 0.157. The minimum atomic E-state index is -0.318. The van der Waals surface area contributed by atoms with Crippen LogP contribution in [0.2, 0.25) is 0 Å². The molecule has 54 valence electrons. The maximum atomic E-state index is 9.17. The summed E-state index contributed by atoms with van der Waals surface area (Å²) in [4.78, 5) is 0. The number of aliphatic hydroxyl groups is 1. The molecule has 0 heterocycles. The van der Waals surface area contributed by atoms with Gasteiger partial charge in [-0.05, 0) is 19.3 Å². The van der Waals surface area contributed by atoms with Gasteiger partial charge < -0.3 is 10.8 Å². The van der Waals surface area contributed by atoms with Crippen LogP contribution in [-0.4, -0.2) is 22.5 Å². The number of nitrogens with two attached hydrogens (primary N) is 1. The Morgan fingerprint density at radius 1 is 1.44 bits per heavy atom. The second-order valence-corrected chi connectivity index (χ2v) is 3.43. The first-order valence-corrected chi connectivity index (χ1v) is 3.83. The fraction of sp³-hybridized carbons (Fsp3) is 1.00. The lowest BCUT2D eigenvalue weighted by Crippen LogP contribution is -2.40. The van der Waals surface area contributed by atoms with Crippen molar-refractivity contribution in [3.8, 4) is 0 Å². The van der Waals surface area contributed by atoms with Crippen molar-refractivity contribution >= 4 is 12.6 Å². The molecular formula is C6H13NOS. The molecule has 9 heavy (non-hydrogen) atoms. The second kappa shape index (κ2) is 2.90. The van der Waals surface area contributed by atoms with Gasteiger partial charge in [0.1, 0.15) is 0 Å². The quantitative estimate of drug-likeness (QED) is 0.427. The van der Waals surface area contributed by atoms with Crippen molar-refractivity contribution in [3.05, 3.63) is 0 Å². The summed E-state index contributed by atoms with van der Waals surface area (Å²) < 4.78 is 0. The van der Waals surface area contributed by atoms with Crippen molar-refractivity contribution in [1.82, 2.24) is 0 Å². The van der Waals surface area contributed by atoms with Crippen molar-refractivity contribution in [2.24, 2.45) is 5.73 Å². The van der Waals surface area contributed by atoms with E-state index in [4.69, 9.17) is 5.73 Å². The van der Waals surface area contributed by atoms with Crippen molar-refractivity contribution in [2.45, 2.75) is 36.7 Å². The molecule has 1 fully saturated rings. The third-order valence-electron chi connectivity index (χ3n) is 1.84. The Kier molecular flexibility index (Phi) is 2.38. The van der Waals surface area contributed by atoms with Gasteiger partial charge in [-0.15, -0.1) is 0 Å². The largest absolute Gasteiger partial charge is 0.391 e.